The van der Waals surface area contributed by atoms with Crippen LogP contribution in [0.15, 0.2) is 54.9 Å². The molecule has 0 bridgehead atoms. The van der Waals surface area contributed by atoms with Gasteiger partial charge in [-0.1, -0.05) is 32.9 Å². The molecule has 216 valence electrons. The third kappa shape index (κ3) is 8.16. The average Bonchev–Trinajstić information content (AvgIpc) is 2.89. The third-order valence-corrected chi connectivity index (χ3v) is 6.49. The van der Waals surface area contributed by atoms with Gasteiger partial charge in [0.15, 0.2) is 0 Å². The Morgan fingerprint density at radius 1 is 1.07 bits per heavy atom. The monoisotopic (exact) mass is 582 g/mol. The molecule has 0 saturated heterocycles. The van der Waals surface area contributed by atoms with Crippen molar-refractivity contribution >= 4 is 39.4 Å². The van der Waals surface area contributed by atoms with Gasteiger partial charge in [0.1, 0.15) is 17.2 Å². The number of anilines is 1. The molecular formula is C27H30N6O7S. The highest BCUT2D eigenvalue weighted by molar-refractivity contribution is 7.85. The Morgan fingerprint density at radius 2 is 1.78 bits per heavy atom. The van der Waals surface area contributed by atoms with Crippen LogP contribution in [0.1, 0.15) is 57.7 Å². The van der Waals surface area contributed by atoms with E-state index >= 15 is 0 Å². The van der Waals surface area contributed by atoms with Gasteiger partial charge in [-0.05, 0) is 41.3 Å². The molecule has 6 N–H and O–H groups in total. The first-order chi connectivity index (χ1) is 19.1. The number of nitrogens with zero attached hydrogens (tertiary/aromatic N) is 2. The molecule has 0 radical (unpaired) electrons. The highest BCUT2D eigenvalue weighted by Crippen LogP contribution is 2.28. The van der Waals surface area contributed by atoms with Crippen molar-refractivity contribution in [2.24, 2.45) is 11.1 Å². The SMILES string of the molecule is CC(C)(C)[C@@H](COS(C)(=O)=O)NC(=O)c1ccc(-c2cccnc2C(=O)Nc2ccc(C(=N)N)nc2)c(C(=O)O)c1. The van der Waals surface area contributed by atoms with E-state index in [4.69, 9.17) is 15.3 Å². The molecule has 2 amide bonds. The lowest BCUT2D eigenvalue weighted by Crippen LogP contribution is -2.47. The molecular weight excluding hydrogens is 552 g/mol. The van der Waals surface area contributed by atoms with Crippen LogP contribution in [0.2, 0.25) is 0 Å². The van der Waals surface area contributed by atoms with Gasteiger partial charge < -0.3 is 21.5 Å². The van der Waals surface area contributed by atoms with Crippen molar-refractivity contribution in [3.63, 3.8) is 0 Å². The van der Waals surface area contributed by atoms with Gasteiger partial charge in [0.2, 0.25) is 0 Å². The fourth-order valence-electron chi connectivity index (χ4n) is 3.66. The van der Waals surface area contributed by atoms with Gasteiger partial charge in [-0.3, -0.25) is 29.1 Å². The predicted molar refractivity (Wildman–Crippen MR) is 151 cm³/mol. The summed E-state index contributed by atoms with van der Waals surface area (Å²) in [6.07, 6.45) is 3.60. The Kier molecular flexibility index (Phi) is 9.20. The van der Waals surface area contributed by atoms with Crippen molar-refractivity contribution in [3.8, 4) is 11.1 Å². The Morgan fingerprint density at radius 3 is 2.34 bits per heavy atom. The number of rotatable bonds is 10. The molecule has 3 aromatic rings. The smallest absolute Gasteiger partial charge is 0.336 e. The summed E-state index contributed by atoms with van der Waals surface area (Å²) in [5.74, 6) is -2.86. The topological polar surface area (TPSA) is 215 Å². The molecule has 0 spiro atoms. The molecule has 0 aliphatic heterocycles. The molecule has 0 aliphatic rings. The summed E-state index contributed by atoms with van der Waals surface area (Å²) in [6, 6.07) is 9.28. The van der Waals surface area contributed by atoms with Crippen LogP contribution in [0.5, 0.6) is 0 Å². The van der Waals surface area contributed by atoms with E-state index < -0.39 is 39.4 Å². The first kappa shape index (κ1) is 30.8. The molecule has 14 heteroatoms. The average molecular weight is 583 g/mol. The van der Waals surface area contributed by atoms with Crippen molar-refractivity contribution in [1.29, 1.82) is 5.41 Å². The molecule has 41 heavy (non-hydrogen) atoms. The molecule has 1 atom stereocenters. The number of nitrogen functional groups attached to an aromatic ring is 1. The summed E-state index contributed by atoms with van der Waals surface area (Å²) in [5.41, 5.74) is 5.37. The minimum atomic E-state index is -3.76. The van der Waals surface area contributed by atoms with Crippen LogP contribution in [0.4, 0.5) is 5.69 Å². The van der Waals surface area contributed by atoms with Gasteiger partial charge in [0.05, 0.1) is 36.4 Å². The minimum Gasteiger partial charge on any atom is -0.478 e. The predicted octanol–water partition coefficient (Wildman–Crippen LogP) is 2.50. The highest BCUT2D eigenvalue weighted by atomic mass is 32.2. The van der Waals surface area contributed by atoms with E-state index in [-0.39, 0.29) is 46.1 Å². The maximum atomic E-state index is 13.1. The lowest BCUT2D eigenvalue weighted by molar-refractivity contribution is 0.0697. The van der Waals surface area contributed by atoms with E-state index in [2.05, 4.69) is 20.6 Å². The number of carboxylic acid groups (broad SMARTS) is 1. The van der Waals surface area contributed by atoms with Crippen LogP contribution in [-0.2, 0) is 14.3 Å². The van der Waals surface area contributed by atoms with Crippen LogP contribution in [0.3, 0.4) is 0 Å². The van der Waals surface area contributed by atoms with E-state index in [1.165, 1.54) is 54.9 Å². The first-order valence-corrected chi connectivity index (χ1v) is 14.0. The van der Waals surface area contributed by atoms with Crippen LogP contribution in [-0.4, -0.2) is 66.0 Å². The van der Waals surface area contributed by atoms with E-state index in [1.807, 2.05) is 0 Å². The number of amidine groups is 1. The maximum Gasteiger partial charge on any atom is 0.336 e. The van der Waals surface area contributed by atoms with E-state index in [0.717, 1.165) is 6.26 Å². The van der Waals surface area contributed by atoms with Gasteiger partial charge in [-0.2, -0.15) is 8.42 Å². The molecule has 13 nitrogen and oxygen atoms in total. The van der Waals surface area contributed by atoms with Gasteiger partial charge in [-0.15, -0.1) is 0 Å². The van der Waals surface area contributed by atoms with Gasteiger partial charge in [0.25, 0.3) is 21.9 Å². The van der Waals surface area contributed by atoms with Crippen LogP contribution in [0.25, 0.3) is 11.1 Å². The summed E-state index contributed by atoms with van der Waals surface area (Å²) >= 11 is 0. The highest BCUT2D eigenvalue weighted by Gasteiger charge is 2.29. The molecule has 3 rings (SSSR count). The second-order valence-electron chi connectivity index (χ2n) is 10.1. The van der Waals surface area contributed by atoms with E-state index in [1.54, 1.807) is 20.8 Å². The molecule has 0 saturated carbocycles. The minimum absolute atomic E-state index is 0.00582. The Labute approximate surface area is 236 Å². The van der Waals surface area contributed by atoms with Crippen molar-refractivity contribution in [3.05, 3.63) is 77.4 Å². The fourth-order valence-corrected chi connectivity index (χ4v) is 4.04. The van der Waals surface area contributed by atoms with Gasteiger partial charge in [-0.25, -0.2) is 4.79 Å². The van der Waals surface area contributed by atoms with Crippen molar-refractivity contribution < 1.29 is 32.1 Å². The van der Waals surface area contributed by atoms with Gasteiger partial charge >= 0.3 is 5.97 Å². The van der Waals surface area contributed by atoms with Crippen molar-refractivity contribution in [2.75, 3.05) is 18.2 Å². The van der Waals surface area contributed by atoms with Crippen molar-refractivity contribution in [1.82, 2.24) is 15.3 Å². The summed E-state index contributed by atoms with van der Waals surface area (Å²) in [5, 5.41) is 22.7. The number of carbonyl (C=O) groups is 3. The summed E-state index contributed by atoms with van der Waals surface area (Å²) in [6.45, 7) is 5.06. The number of carbonyl (C=O) groups excluding carboxylic acids is 2. The molecule has 2 aromatic heterocycles. The second-order valence-corrected chi connectivity index (χ2v) is 11.8. The molecule has 0 fully saturated rings. The number of benzene rings is 1. The number of nitrogens with one attached hydrogen (secondary N) is 3. The molecule has 0 unspecified atom stereocenters. The number of nitrogens with two attached hydrogens (primary N) is 1. The number of pyridine rings is 2. The Hall–Kier alpha value is -4.69. The largest absolute Gasteiger partial charge is 0.478 e. The number of amides is 2. The van der Waals surface area contributed by atoms with Crippen LogP contribution in [0, 0.1) is 10.8 Å². The lowest BCUT2D eigenvalue weighted by Gasteiger charge is -2.31. The molecule has 1 aromatic carbocycles. The summed E-state index contributed by atoms with van der Waals surface area (Å²) in [4.78, 5) is 46.6. The maximum absolute atomic E-state index is 13.1. The quantitative estimate of drug-likeness (QED) is 0.134. The fraction of sp³-hybridized carbons (Fsp3) is 0.259. The van der Waals surface area contributed by atoms with Crippen LogP contribution < -0.4 is 16.4 Å². The third-order valence-electron chi connectivity index (χ3n) is 5.92. The molecule has 0 aliphatic carbocycles. The van der Waals surface area contributed by atoms with E-state index in [0.29, 0.717) is 5.69 Å². The second kappa shape index (κ2) is 12.2. The lowest BCUT2D eigenvalue weighted by atomic mass is 9.87. The zero-order valence-electron chi connectivity index (χ0n) is 22.8. The Bertz CT molecular complexity index is 1600. The molecule has 2 heterocycles. The summed E-state index contributed by atoms with van der Waals surface area (Å²) in [7, 11) is -3.76. The van der Waals surface area contributed by atoms with Crippen LogP contribution >= 0.6 is 0 Å². The number of hydrogen-bond donors (Lipinski definition) is 5. The zero-order chi connectivity index (χ0) is 30.5. The normalized spacial score (nSPS) is 12.3. The number of carboxylic acids is 1. The van der Waals surface area contributed by atoms with Gasteiger partial charge in [0, 0.05) is 17.3 Å². The zero-order valence-corrected chi connectivity index (χ0v) is 23.6. The standard InChI is InChI=1S/C27H30N6O7S/c1-27(2,3)21(14-40-41(4,38)39)33-24(34)15-7-9-17(19(12-15)26(36)37)18-6-5-11-30-22(18)25(35)32-16-8-10-20(23(28)29)31-13-16/h5-13,21H,14H2,1-4H3,(H3,28,29)(H,32,35)(H,33,34)(H,36,37)/t21-/m1/s1. The van der Waals surface area contributed by atoms with Crippen molar-refractivity contribution in [2.45, 2.75) is 26.8 Å². The first-order valence-electron chi connectivity index (χ1n) is 12.2. The number of aromatic carboxylic acids is 1. The van der Waals surface area contributed by atoms with E-state index in [9.17, 15) is 27.9 Å². The number of hydrogen-bond acceptors (Lipinski definition) is 9. The Balaban J connectivity index is 1.93. The number of aromatic nitrogens is 2. The summed E-state index contributed by atoms with van der Waals surface area (Å²) < 4.78 is 27.8.